The minimum absolute atomic E-state index is 0.332. The summed E-state index contributed by atoms with van der Waals surface area (Å²) >= 11 is 0. The first-order valence-electron chi connectivity index (χ1n) is 4.79. The van der Waals surface area contributed by atoms with Gasteiger partial charge in [-0.2, -0.15) is 0 Å². The van der Waals surface area contributed by atoms with Gasteiger partial charge in [-0.25, -0.2) is 0 Å². The van der Waals surface area contributed by atoms with Crippen molar-refractivity contribution in [3.63, 3.8) is 0 Å². The number of quaternary nitrogens is 1. The summed E-state index contributed by atoms with van der Waals surface area (Å²) in [6.45, 7) is 0.332. The van der Waals surface area contributed by atoms with Crippen LogP contribution in [0.2, 0.25) is 0 Å². The van der Waals surface area contributed by atoms with E-state index in [4.69, 9.17) is 4.74 Å². The van der Waals surface area contributed by atoms with Crippen molar-refractivity contribution in [3.8, 4) is 0 Å². The summed E-state index contributed by atoms with van der Waals surface area (Å²) in [5.41, 5.74) is 0. The lowest BCUT2D eigenvalue weighted by molar-refractivity contribution is -0.873. The van der Waals surface area contributed by atoms with Gasteiger partial charge in [0.15, 0.2) is 6.10 Å². The van der Waals surface area contributed by atoms with Crippen molar-refractivity contribution < 1.29 is 28.7 Å². The molecule has 0 aliphatic heterocycles. The van der Waals surface area contributed by atoms with Gasteiger partial charge in [0.2, 0.25) is 6.29 Å². The Bertz CT molecular complexity index is 269. The van der Waals surface area contributed by atoms with E-state index in [1.165, 1.54) is 6.29 Å². The summed E-state index contributed by atoms with van der Waals surface area (Å²) in [6.07, 6.45) is -0.250. The van der Waals surface area contributed by atoms with Gasteiger partial charge in [0, 0.05) is 12.4 Å². The first-order valence-corrected chi connectivity index (χ1v) is 4.79. The smallest absolute Gasteiger partial charge is 0.314 e. The average Bonchev–Trinajstić information content (AvgIpc) is 1.98. The highest BCUT2D eigenvalue weighted by Crippen LogP contribution is 2.05. The highest BCUT2D eigenvalue weighted by Gasteiger charge is 2.22. The number of carboxylic acids is 1. The van der Waals surface area contributed by atoms with Crippen LogP contribution in [0.15, 0.2) is 0 Å². The molecule has 0 spiro atoms. The number of aliphatic carboxylic acids is 1. The Kier molecular flexibility index (Phi) is 5.66. The number of likely N-dealkylation sites (N-methyl/N-ethyl adjacent to an activating group) is 1. The van der Waals surface area contributed by atoms with E-state index in [0.717, 1.165) is 0 Å². The standard InChI is InChI=1S/C10H16NO5/c1-11(2,3)7-8(6-9(13)14)16-10(15)4-5-12/h8H,4,6-7H2,1-3H3. The maximum absolute atomic E-state index is 11.0. The largest absolute Gasteiger partial charge is 0.550 e. The lowest BCUT2D eigenvalue weighted by Gasteiger charge is -2.29. The Balaban J connectivity index is 4.36. The number of carbonyl (C=O) groups excluding carboxylic acids is 3. The Morgan fingerprint density at radius 3 is 2.31 bits per heavy atom. The van der Waals surface area contributed by atoms with Crippen LogP contribution in [0.1, 0.15) is 12.8 Å². The number of hydrogen-bond acceptors (Lipinski definition) is 5. The predicted octanol–water partition coefficient (Wildman–Crippen LogP) is -1.76. The second-order valence-electron chi connectivity index (χ2n) is 4.48. The predicted molar refractivity (Wildman–Crippen MR) is 52.7 cm³/mol. The zero-order valence-corrected chi connectivity index (χ0v) is 9.69. The first-order chi connectivity index (χ1) is 7.24. The van der Waals surface area contributed by atoms with Crippen molar-refractivity contribution in [2.24, 2.45) is 0 Å². The molecule has 6 heteroatoms. The molecular weight excluding hydrogens is 214 g/mol. The molecule has 0 aromatic rings. The van der Waals surface area contributed by atoms with E-state index < -0.39 is 24.5 Å². The zero-order valence-electron chi connectivity index (χ0n) is 9.69. The third-order valence-corrected chi connectivity index (χ3v) is 1.66. The maximum atomic E-state index is 11.0. The fourth-order valence-corrected chi connectivity index (χ4v) is 1.23. The lowest BCUT2D eigenvalue weighted by atomic mass is 10.2. The molecule has 0 saturated carbocycles. The van der Waals surface area contributed by atoms with Crippen LogP contribution in [0.3, 0.4) is 0 Å². The fraction of sp³-hybridized carbons (Fsp3) is 0.700. The van der Waals surface area contributed by atoms with Crippen LogP contribution in [0.25, 0.3) is 0 Å². The van der Waals surface area contributed by atoms with Gasteiger partial charge in [-0.1, -0.05) is 0 Å². The first kappa shape index (κ1) is 14.6. The highest BCUT2D eigenvalue weighted by atomic mass is 16.5. The molecule has 1 atom stereocenters. The zero-order chi connectivity index (χ0) is 12.8. The summed E-state index contributed by atoms with van der Waals surface area (Å²) in [7, 11) is 5.51. The Labute approximate surface area is 94.4 Å². The van der Waals surface area contributed by atoms with Crippen LogP contribution in [0, 0.1) is 0 Å². The molecule has 0 rings (SSSR count). The second-order valence-corrected chi connectivity index (χ2v) is 4.48. The molecule has 1 radical (unpaired) electrons. The quantitative estimate of drug-likeness (QED) is 0.294. The fourth-order valence-electron chi connectivity index (χ4n) is 1.23. The van der Waals surface area contributed by atoms with Crippen LogP contribution in [-0.4, -0.2) is 56.5 Å². The third kappa shape index (κ3) is 7.93. The number of hydrogen-bond donors (Lipinski definition) is 0. The van der Waals surface area contributed by atoms with Gasteiger partial charge in [0.25, 0.3) is 0 Å². The molecule has 0 aliphatic rings. The number of rotatable bonds is 7. The van der Waals surface area contributed by atoms with Crippen LogP contribution >= 0.6 is 0 Å². The van der Waals surface area contributed by atoms with Crippen molar-refractivity contribution in [1.82, 2.24) is 0 Å². The van der Waals surface area contributed by atoms with Crippen molar-refractivity contribution in [2.75, 3.05) is 27.7 Å². The monoisotopic (exact) mass is 230 g/mol. The number of nitrogens with zero attached hydrogens (tertiary/aromatic N) is 1. The van der Waals surface area contributed by atoms with Gasteiger partial charge in [-0.15, -0.1) is 0 Å². The average molecular weight is 230 g/mol. The molecule has 0 heterocycles. The maximum Gasteiger partial charge on any atom is 0.314 e. The van der Waals surface area contributed by atoms with E-state index in [-0.39, 0.29) is 6.42 Å². The molecule has 0 amide bonds. The topological polar surface area (TPSA) is 83.5 Å². The molecule has 0 fully saturated rings. The molecule has 1 unspecified atom stereocenters. The van der Waals surface area contributed by atoms with Crippen LogP contribution in [0.5, 0.6) is 0 Å². The molecule has 0 aromatic heterocycles. The van der Waals surface area contributed by atoms with Crippen molar-refractivity contribution >= 4 is 18.2 Å². The minimum Gasteiger partial charge on any atom is -0.550 e. The summed E-state index contributed by atoms with van der Waals surface area (Å²) in [5.74, 6) is -2.06. The Morgan fingerprint density at radius 2 is 1.94 bits per heavy atom. The number of carboxylic acid groups (broad SMARTS) is 1. The van der Waals surface area contributed by atoms with Gasteiger partial charge in [-0.05, 0) is 0 Å². The molecular formula is C10H16NO5. The molecule has 0 N–H and O–H groups in total. The second kappa shape index (κ2) is 6.22. The van der Waals surface area contributed by atoms with Gasteiger partial charge in [0.1, 0.15) is 13.0 Å². The van der Waals surface area contributed by atoms with Crippen LogP contribution < -0.4 is 5.11 Å². The Morgan fingerprint density at radius 1 is 1.38 bits per heavy atom. The van der Waals surface area contributed by atoms with E-state index in [1.807, 2.05) is 21.1 Å². The van der Waals surface area contributed by atoms with Gasteiger partial charge < -0.3 is 19.1 Å². The molecule has 0 bridgehead atoms. The number of carbonyl (C=O) groups is 2. The molecule has 91 valence electrons. The number of ether oxygens (including phenoxy) is 1. The molecule has 16 heavy (non-hydrogen) atoms. The summed E-state index contributed by atoms with van der Waals surface area (Å²) < 4.78 is 5.28. The van der Waals surface area contributed by atoms with E-state index in [0.29, 0.717) is 11.0 Å². The summed E-state index contributed by atoms with van der Waals surface area (Å²) in [5, 5.41) is 10.4. The third-order valence-electron chi connectivity index (χ3n) is 1.66. The summed E-state index contributed by atoms with van der Waals surface area (Å²) in [6, 6.07) is 0. The SMILES string of the molecule is C[N+](C)(C)CC(CC(=O)[O-])OC(=O)C[C]=O. The summed E-state index contributed by atoms with van der Waals surface area (Å²) in [4.78, 5) is 31.4. The van der Waals surface area contributed by atoms with E-state index in [1.54, 1.807) is 0 Å². The van der Waals surface area contributed by atoms with Gasteiger partial charge >= 0.3 is 5.97 Å². The number of esters is 1. The lowest BCUT2D eigenvalue weighted by Crippen LogP contribution is -2.45. The van der Waals surface area contributed by atoms with Crippen LogP contribution in [-0.2, 0) is 19.1 Å². The van der Waals surface area contributed by atoms with Crippen LogP contribution in [0.4, 0.5) is 0 Å². The van der Waals surface area contributed by atoms with E-state index in [2.05, 4.69) is 0 Å². The van der Waals surface area contributed by atoms with E-state index in [9.17, 15) is 19.5 Å². The van der Waals surface area contributed by atoms with Gasteiger partial charge in [0.05, 0.1) is 21.1 Å². The normalized spacial score (nSPS) is 12.9. The molecule has 0 aromatic carbocycles. The molecule has 0 aliphatic carbocycles. The van der Waals surface area contributed by atoms with Crippen molar-refractivity contribution in [1.29, 1.82) is 0 Å². The van der Waals surface area contributed by atoms with Gasteiger partial charge in [-0.3, -0.25) is 9.59 Å². The van der Waals surface area contributed by atoms with Crippen molar-refractivity contribution in [2.45, 2.75) is 18.9 Å². The minimum atomic E-state index is -1.29. The van der Waals surface area contributed by atoms with Crippen molar-refractivity contribution in [3.05, 3.63) is 0 Å². The molecule has 6 nitrogen and oxygen atoms in total. The molecule has 0 saturated heterocycles. The Hall–Kier alpha value is -1.43. The highest BCUT2D eigenvalue weighted by molar-refractivity contribution is 5.84. The van der Waals surface area contributed by atoms with E-state index >= 15 is 0 Å².